The Bertz CT molecular complexity index is 1230. The molecule has 0 fully saturated rings. The quantitative estimate of drug-likeness (QED) is 0.391. The van der Waals surface area contributed by atoms with E-state index in [-0.39, 0.29) is 24.4 Å². The third kappa shape index (κ3) is 5.97. The Morgan fingerprint density at radius 2 is 1.57 bits per heavy atom. The first kappa shape index (κ1) is 26.6. The van der Waals surface area contributed by atoms with E-state index >= 15 is 0 Å². The number of rotatable bonds is 9. The molecule has 0 saturated carbocycles. The molecule has 1 heterocycles. The number of hydrogen-bond donors (Lipinski definition) is 2. The second-order valence-electron chi connectivity index (χ2n) is 9.97. The molecule has 2 N–H and O–H groups in total. The number of nitrogens with zero attached hydrogens (tertiary/aromatic N) is 1. The molecule has 0 aromatic heterocycles. The van der Waals surface area contributed by atoms with Gasteiger partial charge in [-0.2, -0.15) is 0 Å². The van der Waals surface area contributed by atoms with Crippen molar-refractivity contribution in [3.05, 3.63) is 59.2 Å². The number of imide groups is 1. The number of benzene rings is 2. The fraction of sp³-hybridized carbons (Fsp3) is 0.423. The Balaban J connectivity index is 1.57. The van der Waals surface area contributed by atoms with E-state index in [9.17, 15) is 22.8 Å². The average Bonchev–Trinajstić information content (AvgIpc) is 3.02. The van der Waals surface area contributed by atoms with Gasteiger partial charge in [0.05, 0.1) is 21.6 Å². The number of sulfonamides is 1. The number of anilines is 2. The van der Waals surface area contributed by atoms with Gasteiger partial charge in [0.1, 0.15) is 0 Å². The van der Waals surface area contributed by atoms with Crippen LogP contribution in [-0.4, -0.2) is 37.4 Å². The lowest BCUT2D eigenvalue weighted by atomic mass is 10.0. The highest BCUT2D eigenvalue weighted by Gasteiger charge is 2.37. The summed E-state index contributed by atoms with van der Waals surface area (Å²) >= 11 is 0. The summed E-state index contributed by atoms with van der Waals surface area (Å²) in [5.74, 6) is -0.728. The molecule has 2 aromatic carbocycles. The Labute approximate surface area is 207 Å². The smallest absolute Gasteiger partial charge is 0.266 e. The number of nitrogens with one attached hydrogen (secondary N) is 2. The molecule has 9 heteroatoms. The van der Waals surface area contributed by atoms with Crippen molar-refractivity contribution in [1.82, 2.24) is 4.72 Å². The van der Waals surface area contributed by atoms with Crippen molar-refractivity contribution in [3.8, 4) is 0 Å². The van der Waals surface area contributed by atoms with E-state index in [1.54, 1.807) is 45.0 Å². The summed E-state index contributed by atoms with van der Waals surface area (Å²) in [6.07, 6.45) is 1.22. The van der Waals surface area contributed by atoms with Gasteiger partial charge in [0.25, 0.3) is 11.8 Å². The second-order valence-corrected chi connectivity index (χ2v) is 12.5. The van der Waals surface area contributed by atoms with Gasteiger partial charge in [0, 0.05) is 18.7 Å². The van der Waals surface area contributed by atoms with E-state index in [2.05, 4.69) is 23.9 Å². The first-order valence-corrected chi connectivity index (χ1v) is 13.2. The molecule has 188 valence electrons. The lowest BCUT2D eigenvalue weighted by Gasteiger charge is -2.19. The summed E-state index contributed by atoms with van der Waals surface area (Å²) in [6.45, 7) is 9.27. The Kier molecular flexibility index (Phi) is 7.81. The van der Waals surface area contributed by atoms with Crippen LogP contribution in [0.4, 0.5) is 11.4 Å². The first-order valence-electron chi connectivity index (χ1n) is 11.7. The van der Waals surface area contributed by atoms with E-state index in [0.29, 0.717) is 35.7 Å². The lowest BCUT2D eigenvalue weighted by molar-refractivity contribution is -0.116. The van der Waals surface area contributed by atoms with Crippen LogP contribution in [-0.2, 0) is 14.8 Å². The highest BCUT2D eigenvalue weighted by atomic mass is 32.2. The number of carbonyl (C=O) groups excluding carboxylic acids is 3. The van der Waals surface area contributed by atoms with Gasteiger partial charge >= 0.3 is 0 Å². The molecule has 1 aliphatic heterocycles. The molecule has 2 aromatic rings. The molecule has 0 atom stereocenters. The topological polar surface area (TPSA) is 113 Å². The summed E-state index contributed by atoms with van der Waals surface area (Å²) in [6, 6.07) is 12.0. The van der Waals surface area contributed by atoms with Gasteiger partial charge in [-0.3, -0.25) is 14.4 Å². The van der Waals surface area contributed by atoms with E-state index in [4.69, 9.17) is 0 Å². The van der Waals surface area contributed by atoms with Crippen LogP contribution in [0.3, 0.4) is 0 Å². The molecule has 0 spiro atoms. The summed E-state index contributed by atoms with van der Waals surface area (Å²) in [5, 5.41) is 2.75. The molecular formula is C26H33N3O5S. The van der Waals surface area contributed by atoms with E-state index in [1.807, 2.05) is 12.1 Å². The maximum Gasteiger partial charge on any atom is 0.266 e. The number of fused-ring (bicyclic) bond motifs is 1. The molecule has 35 heavy (non-hydrogen) atoms. The zero-order chi connectivity index (χ0) is 26.0. The molecule has 0 unspecified atom stereocenters. The number of hydrogen-bond acceptors (Lipinski definition) is 5. The monoisotopic (exact) mass is 499 g/mol. The van der Waals surface area contributed by atoms with Crippen LogP contribution in [0.2, 0.25) is 0 Å². The summed E-state index contributed by atoms with van der Waals surface area (Å²) < 4.78 is 25.8. The standard InChI is InChI=1S/C26H33N3O5S/c1-17(2)18-9-12-20(13-10-18)29-24(31)21-14-11-19(16-22(21)25(29)32)28-23(30)8-6-7-15-27-35(33,34)26(3,4)5/h9-14,16-17,27H,6-8,15H2,1-5H3,(H,28,30). The summed E-state index contributed by atoms with van der Waals surface area (Å²) in [5.41, 5.74) is 2.60. The number of unbranched alkanes of at least 4 members (excludes halogenated alkanes) is 1. The van der Waals surface area contributed by atoms with Gasteiger partial charge in [-0.05, 0) is 75.4 Å². The van der Waals surface area contributed by atoms with Crippen molar-refractivity contribution in [2.75, 3.05) is 16.8 Å². The normalized spacial score (nSPS) is 13.9. The Morgan fingerprint density at radius 3 is 2.17 bits per heavy atom. The fourth-order valence-corrected chi connectivity index (χ4v) is 4.46. The van der Waals surface area contributed by atoms with Crippen LogP contribution in [0.15, 0.2) is 42.5 Å². The van der Waals surface area contributed by atoms with Gasteiger partial charge < -0.3 is 5.32 Å². The lowest BCUT2D eigenvalue weighted by Crippen LogP contribution is -2.39. The van der Waals surface area contributed by atoms with Crippen molar-refractivity contribution in [1.29, 1.82) is 0 Å². The van der Waals surface area contributed by atoms with E-state index in [0.717, 1.165) is 10.5 Å². The molecule has 0 saturated heterocycles. The first-order chi connectivity index (χ1) is 16.3. The summed E-state index contributed by atoms with van der Waals surface area (Å²) in [4.78, 5) is 39.4. The SMILES string of the molecule is CC(C)c1ccc(N2C(=O)c3ccc(NC(=O)CCCCNS(=O)(=O)C(C)(C)C)cc3C2=O)cc1. The predicted octanol–water partition coefficient (Wildman–Crippen LogP) is 4.44. The Morgan fingerprint density at radius 1 is 0.943 bits per heavy atom. The van der Waals surface area contributed by atoms with Crippen molar-refractivity contribution in [2.45, 2.75) is 64.5 Å². The highest BCUT2D eigenvalue weighted by Crippen LogP contribution is 2.31. The number of carbonyl (C=O) groups is 3. The minimum atomic E-state index is -3.41. The Hall–Kier alpha value is -3.04. The molecule has 8 nitrogen and oxygen atoms in total. The maximum atomic E-state index is 13.0. The molecular weight excluding hydrogens is 466 g/mol. The van der Waals surface area contributed by atoms with Gasteiger partial charge in [0.2, 0.25) is 15.9 Å². The van der Waals surface area contributed by atoms with Gasteiger partial charge in [-0.1, -0.05) is 26.0 Å². The molecule has 1 aliphatic rings. The van der Waals surface area contributed by atoms with Crippen LogP contribution in [0.5, 0.6) is 0 Å². The van der Waals surface area contributed by atoms with Crippen LogP contribution in [0.1, 0.15) is 86.1 Å². The van der Waals surface area contributed by atoms with Crippen molar-refractivity contribution in [3.63, 3.8) is 0 Å². The summed E-state index contributed by atoms with van der Waals surface area (Å²) in [7, 11) is -3.41. The predicted molar refractivity (Wildman–Crippen MR) is 137 cm³/mol. The van der Waals surface area contributed by atoms with Crippen molar-refractivity contribution < 1.29 is 22.8 Å². The average molecular weight is 500 g/mol. The second kappa shape index (κ2) is 10.3. The van der Waals surface area contributed by atoms with E-state index < -0.39 is 26.6 Å². The molecule has 3 rings (SSSR count). The minimum Gasteiger partial charge on any atom is -0.326 e. The van der Waals surface area contributed by atoms with Gasteiger partial charge in [-0.15, -0.1) is 0 Å². The van der Waals surface area contributed by atoms with Gasteiger partial charge in [0.15, 0.2) is 0 Å². The minimum absolute atomic E-state index is 0.204. The van der Waals surface area contributed by atoms with E-state index in [1.165, 1.54) is 6.07 Å². The number of amides is 3. The zero-order valence-electron chi connectivity index (χ0n) is 20.8. The van der Waals surface area contributed by atoms with Crippen LogP contribution >= 0.6 is 0 Å². The van der Waals surface area contributed by atoms with Crippen molar-refractivity contribution >= 4 is 39.1 Å². The van der Waals surface area contributed by atoms with Crippen molar-refractivity contribution in [2.24, 2.45) is 0 Å². The molecule has 0 aliphatic carbocycles. The molecule has 0 bridgehead atoms. The van der Waals surface area contributed by atoms with Gasteiger partial charge in [-0.25, -0.2) is 18.0 Å². The third-order valence-electron chi connectivity index (χ3n) is 5.92. The fourth-order valence-electron chi connectivity index (χ4n) is 3.62. The third-order valence-corrected chi connectivity index (χ3v) is 8.11. The van der Waals surface area contributed by atoms with Crippen LogP contribution < -0.4 is 14.9 Å². The highest BCUT2D eigenvalue weighted by molar-refractivity contribution is 7.90. The largest absolute Gasteiger partial charge is 0.326 e. The molecule has 3 amide bonds. The molecule has 0 radical (unpaired) electrons. The van der Waals surface area contributed by atoms with Crippen LogP contribution in [0, 0.1) is 0 Å². The van der Waals surface area contributed by atoms with Crippen LogP contribution in [0.25, 0.3) is 0 Å². The maximum absolute atomic E-state index is 13.0. The zero-order valence-corrected chi connectivity index (χ0v) is 21.7.